The summed E-state index contributed by atoms with van der Waals surface area (Å²) in [7, 11) is 0. The third kappa shape index (κ3) is 2.66. The zero-order valence-corrected chi connectivity index (χ0v) is 10.1. The van der Waals surface area contributed by atoms with E-state index < -0.39 is 5.91 Å². The number of carbonyl (C=O) groups excluding carboxylic acids is 1. The zero-order valence-electron chi connectivity index (χ0n) is 10.1. The second kappa shape index (κ2) is 5.14. The van der Waals surface area contributed by atoms with E-state index in [4.69, 9.17) is 5.26 Å². The number of amides is 1. The average Bonchev–Trinajstić information content (AvgIpc) is 2.41. The van der Waals surface area contributed by atoms with Crippen molar-refractivity contribution in [2.24, 2.45) is 4.99 Å². The molecule has 6 nitrogen and oxygen atoms in total. The number of nitrogens with zero attached hydrogens (tertiary/aromatic N) is 4. The fourth-order valence-electron chi connectivity index (χ4n) is 1.56. The van der Waals surface area contributed by atoms with Gasteiger partial charge in [0, 0.05) is 12.5 Å². The molecule has 6 heteroatoms. The predicted molar refractivity (Wildman–Crippen MR) is 65.8 cm³/mol. The molecule has 0 aliphatic rings. The molecule has 0 saturated carbocycles. The van der Waals surface area contributed by atoms with E-state index in [1.54, 1.807) is 12.1 Å². The quantitative estimate of drug-likeness (QED) is 0.771. The van der Waals surface area contributed by atoms with Crippen LogP contribution in [0.15, 0.2) is 41.5 Å². The molecule has 0 aliphatic carbocycles. The van der Waals surface area contributed by atoms with Crippen LogP contribution in [0.2, 0.25) is 0 Å². The molecular weight excluding hydrogens is 244 g/mol. The maximum absolute atomic E-state index is 11.0. The molecule has 0 atom stereocenters. The second-order valence-corrected chi connectivity index (χ2v) is 3.75. The Morgan fingerprint density at radius 1 is 1.42 bits per heavy atom. The molecule has 2 rings (SSSR count). The van der Waals surface area contributed by atoms with Crippen molar-refractivity contribution in [3.05, 3.63) is 47.7 Å². The highest BCUT2D eigenvalue weighted by Crippen LogP contribution is 2.14. The molecule has 0 fully saturated rings. The van der Waals surface area contributed by atoms with Gasteiger partial charge in [-0.2, -0.15) is 15.0 Å². The smallest absolute Gasteiger partial charge is 0.244 e. The normalized spacial score (nSPS) is 11.1. The number of benzene rings is 1. The molecule has 1 amide bonds. The fourth-order valence-corrected chi connectivity index (χ4v) is 1.56. The van der Waals surface area contributed by atoms with Crippen LogP contribution in [-0.4, -0.2) is 20.8 Å². The molecule has 1 aromatic carbocycles. The predicted octanol–water partition coefficient (Wildman–Crippen LogP) is 1.11. The van der Waals surface area contributed by atoms with Crippen LogP contribution in [0.25, 0.3) is 11.3 Å². The van der Waals surface area contributed by atoms with Gasteiger partial charge in [0.05, 0.1) is 11.9 Å². The summed E-state index contributed by atoms with van der Waals surface area (Å²) in [6.45, 7) is 1.23. The Balaban J connectivity index is 2.68. The summed E-state index contributed by atoms with van der Waals surface area (Å²) in [4.78, 5) is 18.6. The van der Waals surface area contributed by atoms with E-state index in [1.807, 2.05) is 24.3 Å². The first-order chi connectivity index (χ1) is 9.11. The topological polar surface area (TPSA) is 91.3 Å². The van der Waals surface area contributed by atoms with Crippen LogP contribution >= 0.6 is 0 Å². The van der Waals surface area contributed by atoms with Crippen molar-refractivity contribution >= 4 is 5.91 Å². The maximum atomic E-state index is 11.0. The Bertz CT molecular complexity index is 727. The van der Waals surface area contributed by atoms with Gasteiger partial charge in [-0.25, -0.2) is 4.98 Å². The Labute approximate surface area is 108 Å². The largest absolute Gasteiger partial charge is 0.427 e. The molecule has 0 unspecified atom stereocenters. The maximum Gasteiger partial charge on any atom is 0.244 e. The van der Waals surface area contributed by atoms with E-state index in [9.17, 15) is 10.0 Å². The van der Waals surface area contributed by atoms with Crippen molar-refractivity contribution in [3.63, 3.8) is 0 Å². The lowest BCUT2D eigenvalue weighted by Crippen LogP contribution is -2.25. The summed E-state index contributed by atoms with van der Waals surface area (Å²) in [6, 6.07) is 10.9. The standard InChI is InChI=1S/C13H10N4O2/c1-9(18)15-13-11(7-14)16-12(8-17(13)19)10-5-3-2-4-6-10/h2-6,8,19H,1H3. The summed E-state index contributed by atoms with van der Waals surface area (Å²) in [6.07, 6.45) is 1.30. The first kappa shape index (κ1) is 12.5. The van der Waals surface area contributed by atoms with Crippen molar-refractivity contribution in [1.29, 1.82) is 5.26 Å². The van der Waals surface area contributed by atoms with Gasteiger partial charge in [-0.15, -0.1) is 0 Å². The molecule has 94 valence electrons. The van der Waals surface area contributed by atoms with Crippen LogP contribution in [0, 0.1) is 11.3 Å². The van der Waals surface area contributed by atoms with Crippen molar-refractivity contribution < 1.29 is 10.0 Å². The lowest BCUT2D eigenvalue weighted by atomic mass is 10.1. The van der Waals surface area contributed by atoms with Crippen LogP contribution in [0.3, 0.4) is 0 Å². The lowest BCUT2D eigenvalue weighted by Gasteiger charge is -2.04. The van der Waals surface area contributed by atoms with E-state index in [2.05, 4.69) is 9.98 Å². The van der Waals surface area contributed by atoms with Crippen molar-refractivity contribution in [3.8, 4) is 17.3 Å². The number of hydrogen-bond donors (Lipinski definition) is 1. The van der Waals surface area contributed by atoms with E-state index in [1.165, 1.54) is 13.1 Å². The number of rotatable bonds is 1. The van der Waals surface area contributed by atoms with Gasteiger partial charge in [-0.3, -0.25) is 4.79 Å². The summed E-state index contributed by atoms with van der Waals surface area (Å²) in [5.41, 5.74) is 0.882. The number of carbonyl (C=O) groups is 1. The minimum atomic E-state index is -0.520. The second-order valence-electron chi connectivity index (χ2n) is 3.75. The number of nitriles is 1. The van der Waals surface area contributed by atoms with Gasteiger partial charge in [0.25, 0.3) is 0 Å². The lowest BCUT2D eigenvalue weighted by molar-refractivity contribution is -0.116. The first-order valence-electron chi connectivity index (χ1n) is 5.45. The molecule has 1 N–H and O–H groups in total. The van der Waals surface area contributed by atoms with Gasteiger partial charge < -0.3 is 5.21 Å². The van der Waals surface area contributed by atoms with Gasteiger partial charge >= 0.3 is 0 Å². The minimum absolute atomic E-state index is 0.112. The Morgan fingerprint density at radius 2 is 2.11 bits per heavy atom. The number of hydrogen-bond acceptors (Lipinski definition) is 4. The Kier molecular flexibility index (Phi) is 3.39. The Morgan fingerprint density at radius 3 is 2.68 bits per heavy atom. The van der Waals surface area contributed by atoms with Gasteiger partial charge in [0.1, 0.15) is 6.07 Å². The van der Waals surface area contributed by atoms with Gasteiger partial charge in [0.15, 0.2) is 5.69 Å². The van der Waals surface area contributed by atoms with Crippen molar-refractivity contribution in [1.82, 2.24) is 9.71 Å². The van der Waals surface area contributed by atoms with Gasteiger partial charge in [0.2, 0.25) is 11.4 Å². The van der Waals surface area contributed by atoms with Crippen LogP contribution in [0.4, 0.5) is 0 Å². The molecule has 1 heterocycles. The molecule has 0 saturated heterocycles. The fraction of sp³-hybridized carbons (Fsp3) is 0.0769. The van der Waals surface area contributed by atoms with Crippen LogP contribution in [-0.2, 0) is 4.79 Å². The molecule has 1 aromatic heterocycles. The first-order valence-corrected chi connectivity index (χ1v) is 5.45. The van der Waals surface area contributed by atoms with Crippen LogP contribution in [0.1, 0.15) is 12.6 Å². The van der Waals surface area contributed by atoms with Crippen LogP contribution < -0.4 is 5.49 Å². The molecule has 2 aromatic rings. The highest BCUT2D eigenvalue weighted by molar-refractivity contribution is 5.74. The van der Waals surface area contributed by atoms with E-state index in [0.29, 0.717) is 10.4 Å². The summed E-state index contributed by atoms with van der Waals surface area (Å²) in [5.74, 6) is -0.520. The van der Waals surface area contributed by atoms with E-state index in [-0.39, 0.29) is 11.2 Å². The SMILES string of the molecule is CC(=O)N=c1c(C#N)nc(-c2ccccc2)cn1O. The van der Waals surface area contributed by atoms with Gasteiger partial charge in [-0.1, -0.05) is 30.3 Å². The molecule has 0 bridgehead atoms. The van der Waals surface area contributed by atoms with Crippen molar-refractivity contribution in [2.75, 3.05) is 0 Å². The molecule has 0 radical (unpaired) electrons. The highest BCUT2D eigenvalue weighted by atomic mass is 16.5. The van der Waals surface area contributed by atoms with E-state index in [0.717, 1.165) is 5.56 Å². The number of aromatic nitrogens is 2. The molecule has 19 heavy (non-hydrogen) atoms. The molecule has 0 spiro atoms. The summed E-state index contributed by atoms with van der Waals surface area (Å²) in [5, 5.41) is 18.8. The molecular formula is C13H10N4O2. The average molecular weight is 254 g/mol. The zero-order chi connectivity index (χ0) is 13.8. The highest BCUT2D eigenvalue weighted by Gasteiger charge is 2.08. The van der Waals surface area contributed by atoms with Crippen LogP contribution in [0.5, 0.6) is 0 Å². The minimum Gasteiger partial charge on any atom is -0.427 e. The third-order valence-corrected chi connectivity index (χ3v) is 2.34. The van der Waals surface area contributed by atoms with Gasteiger partial charge in [-0.05, 0) is 0 Å². The summed E-state index contributed by atoms with van der Waals surface area (Å²) < 4.78 is 0.634. The third-order valence-electron chi connectivity index (χ3n) is 2.34. The van der Waals surface area contributed by atoms with Crippen molar-refractivity contribution in [2.45, 2.75) is 6.92 Å². The monoisotopic (exact) mass is 254 g/mol. The molecule has 0 aliphatic heterocycles. The Hall–Kier alpha value is -2.94. The van der Waals surface area contributed by atoms with E-state index >= 15 is 0 Å². The summed E-state index contributed by atoms with van der Waals surface area (Å²) >= 11 is 0.